The predicted molar refractivity (Wildman–Crippen MR) is 126 cm³/mol. The van der Waals surface area contributed by atoms with E-state index in [1.807, 2.05) is 0 Å². The van der Waals surface area contributed by atoms with Crippen LogP contribution in [0.15, 0.2) is 91.0 Å². The standard InChI is InChI=1S/C25H25N3O7/c29-22(33-19-10-4-1-5-11-19)26-16-25(32,17-27-23(30)34-20-12-6-2-7-13-20)18-28-24(31)35-21-14-8-3-9-15-21/h1-15,32H,16-18H2,(H,26,29)(H,27,30)(H,28,31). The van der Waals surface area contributed by atoms with Gasteiger partial charge in [0.05, 0.1) is 19.6 Å². The summed E-state index contributed by atoms with van der Waals surface area (Å²) in [5, 5.41) is 18.3. The number of carbonyl (C=O) groups is 3. The molecule has 0 spiro atoms. The summed E-state index contributed by atoms with van der Waals surface area (Å²) in [6, 6.07) is 25.0. The first-order valence-corrected chi connectivity index (χ1v) is 10.7. The number of para-hydroxylation sites is 3. The second-order valence-corrected chi connectivity index (χ2v) is 7.39. The van der Waals surface area contributed by atoms with E-state index in [9.17, 15) is 19.5 Å². The van der Waals surface area contributed by atoms with E-state index in [4.69, 9.17) is 14.2 Å². The quantitative estimate of drug-likeness (QED) is 0.370. The van der Waals surface area contributed by atoms with E-state index in [2.05, 4.69) is 16.0 Å². The minimum absolute atomic E-state index is 0.308. The molecule has 0 unspecified atom stereocenters. The van der Waals surface area contributed by atoms with Crippen molar-refractivity contribution in [3.8, 4) is 17.2 Å². The lowest BCUT2D eigenvalue weighted by atomic mass is 10.0. The topological polar surface area (TPSA) is 135 Å². The fourth-order valence-corrected chi connectivity index (χ4v) is 2.79. The maximum Gasteiger partial charge on any atom is 0.412 e. The highest BCUT2D eigenvalue weighted by Gasteiger charge is 2.30. The summed E-state index contributed by atoms with van der Waals surface area (Å²) in [5.74, 6) is 0.924. The van der Waals surface area contributed by atoms with Gasteiger partial charge in [0.1, 0.15) is 22.8 Å². The van der Waals surface area contributed by atoms with E-state index in [0.29, 0.717) is 17.2 Å². The Morgan fingerprint density at radius 3 is 1.06 bits per heavy atom. The monoisotopic (exact) mass is 479 g/mol. The highest BCUT2D eigenvalue weighted by Crippen LogP contribution is 2.11. The van der Waals surface area contributed by atoms with Crippen LogP contribution in [0.4, 0.5) is 14.4 Å². The van der Waals surface area contributed by atoms with Crippen molar-refractivity contribution in [1.29, 1.82) is 0 Å². The zero-order valence-electron chi connectivity index (χ0n) is 18.7. The lowest BCUT2D eigenvalue weighted by molar-refractivity contribution is 0.0421. The molecule has 3 aromatic carbocycles. The van der Waals surface area contributed by atoms with Gasteiger partial charge >= 0.3 is 18.3 Å². The number of nitrogens with one attached hydrogen (secondary N) is 3. The van der Waals surface area contributed by atoms with Crippen LogP contribution in [-0.4, -0.2) is 48.6 Å². The molecule has 0 atom stereocenters. The van der Waals surface area contributed by atoms with E-state index in [0.717, 1.165) is 0 Å². The number of hydrogen-bond donors (Lipinski definition) is 4. The van der Waals surface area contributed by atoms with Gasteiger partial charge in [-0.05, 0) is 36.4 Å². The average molecular weight is 479 g/mol. The van der Waals surface area contributed by atoms with Gasteiger partial charge in [-0.2, -0.15) is 0 Å². The zero-order chi connectivity index (χ0) is 24.9. The van der Waals surface area contributed by atoms with Crippen LogP contribution in [0.1, 0.15) is 0 Å². The number of aliphatic hydroxyl groups is 1. The summed E-state index contributed by atoms with van der Waals surface area (Å²) < 4.78 is 15.4. The summed E-state index contributed by atoms with van der Waals surface area (Å²) in [7, 11) is 0. The smallest absolute Gasteiger partial charge is 0.410 e. The maximum atomic E-state index is 12.1. The summed E-state index contributed by atoms with van der Waals surface area (Å²) >= 11 is 0. The van der Waals surface area contributed by atoms with Gasteiger partial charge in [0.15, 0.2) is 0 Å². The molecule has 10 nitrogen and oxygen atoms in total. The van der Waals surface area contributed by atoms with Crippen LogP contribution in [-0.2, 0) is 0 Å². The molecule has 182 valence electrons. The number of amides is 3. The lowest BCUT2D eigenvalue weighted by Crippen LogP contribution is -2.57. The summed E-state index contributed by atoms with van der Waals surface area (Å²) in [5.41, 5.74) is -1.80. The van der Waals surface area contributed by atoms with E-state index >= 15 is 0 Å². The second-order valence-electron chi connectivity index (χ2n) is 7.39. The molecule has 0 radical (unpaired) electrons. The highest BCUT2D eigenvalue weighted by atomic mass is 16.6. The normalized spacial score (nSPS) is 10.5. The van der Waals surface area contributed by atoms with Crippen LogP contribution in [0.5, 0.6) is 17.2 Å². The molecular formula is C25H25N3O7. The van der Waals surface area contributed by atoms with Crippen LogP contribution in [0.25, 0.3) is 0 Å². The minimum Gasteiger partial charge on any atom is -0.410 e. The Labute approximate surface area is 201 Å². The van der Waals surface area contributed by atoms with E-state index in [1.165, 1.54) is 0 Å². The third-order valence-corrected chi connectivity index (χ3v) is 4.55. The number of ether oxygens (including phenoxy) is 3. The summed E-state index contributed by atoms with van der Waals surface area (Å²) in [6.07, 6.45) is -2.48. The Morgan fingerprint density at radius 1 is 0.543 bits per heavy atom. The molecule has 0 aliphatic carbocycles. The molecule has 0 aliphatic rings. The molecule has 0 saturated carbocycles. The number of benzene rings is 3. The Hall–Kier alpha value is -4.57. The molecule has 0 aliphatic heterocycles. The highest BCUT2D eigenvalue weighted by molar-refractivity contribution is 5.72. The first-order valence-electron chi connectivity index (χ1n) is 10.7. The summed E-state index contributed by atoms with van der Waals surface area (Å²) in [6.45, 7) is -1.10. The SMILES string of the molecule is O=C(NCC(O)(CNC(=O)Oc1ccccc1)CNC(=O)Oc1ccccc1)Oc1ccccc1. The molecule has 10 heteroatoms. The molecule has 3 rings (SSSR count). The maximum absolute atomic E-state index is 12.1. The van der Waals surface area contributed by atoms with Crippen molar-refractivity contribution < 1.29 is 33.7 Å². The molecule has 0 bridgehead atoms. The van der Waals surface area contributed by atoms with Crippen LogP contribution in [0.2, 0.25) is 0 Å². The molecule has 3 amide bonds. The van der Waals surface area contributed by atoms with Gasteiger partial charge in [-0.1, -0.05) is 54.6 Å². The van der Waals surface area contributed by atoms with Crippen molar-refractivity contribution in [3.05, 3.63) is 91.0 Å². The lowest BCUT2D eigenvalue weighted by Gasteiger charge is -2.28. The van der Waals surface area contributed by atoms with Crippen molar-refractivity contribution in [3.63, 3.8) is 0 Å². The van der Waals surface area contributed by atoms with Gasteiger partial charge in [-0.25, -0.2) is 14.4 Å². The Balaban J connectivity index is 1.57. The van der Waals surface area contributed by atoms with Gasteiger partial charge in [-0.15, -0.1) is 0 Å². The van der Waals surface area contributed by atoms with Gasteiger partial charge in [0.2, 0.25) is 0 Å². The third kappa shape index (κ3) is 9.06. The fraction of sp³-hybridized carbons (Fsp3) is 0.160. The van der Waals surface area contributed by atoms with Crippen LogP contribution in [0.3, 0.4) is 0 Å². The third-order valence-electron chi connectivity index (χ3n) is 4.55. The van der Waals surface area contributed by atoms with Gasteiger partial charge in [0, 0.05) is 0 Å². The van der Waals surface area contributed by atoms with Crippen LogP contribution in [0, 0.1) is 0 Å². The number of hydrogen-bond acceptors (Lipinski definition) is 7. The van der Waals surface area contributed by atoms with Gasteiger partial charge < -0.3 is 35.3 Å². The van der Waals surface area contributed by atoms with Crippen LogP contribution >= 0.6 is 0 Å². The molecule has 0 aromatic heterocycles. The Bertz CT molecular complexity index is 956. The van der Waals surface area contributed by atoms with E-state index in [1.54, 1.807) is 91.0 Å². The average Bonchev–Trinajstić information content (AvgIpc) is 2.87. The first-order chi connectivity index (χ1) is 16.9. The van der Waals surface area contributed by atoms with Crippen molar-refractivity contribution in [2.75, 3.05) is 19.6 Å². The largest absolute Gasteiger partial charge is 0.412 e. The molecular weight excluding hydrogens is 454 g/mol. The molecule has 0 heterocycles. The molecule has 35 heavy (non-hydrogen) atoms. The van der Waals surface area contributed by atoms with Crippen molar-refractivity contribution in [2.24, 2.45) is 0 Å². The fourth-order valence-electron chi connectivity index (χ4n) is 2.79. The molecule has 0 fully saturated rings. The Morgan fingerprint density at radius 2 is 0.800 bits per heavy atom. The minimum atomic E-state index is -1.80. The van der Waals surface area contributed by atoms with E-state index < -0.39 is 23.9 Å². The van der Waals surface area contributed by atoms with Crippen molar-refractivity contribution in [2.45, 2.75) is 5.60 Å². The molecule has 3 aromatic rings. The van der Waals surface area contributed by atoms with Gasteiger partial charge in [0.25, 0.3) is 0 Å². The predicted octanol–water partition coefficient (Wildman–Crippen LogP) is 3.08. The zero-order valence-corrected chi connectivity index (χ0v) is 18.7. The molecule has 4 N–H and O–H groups in total. The molecule has 0 saturated heterocycles. The van der Waals surface area contributed by atoms with Crippen molar-refractivity contribution in [1.82, 2.24) is 16.0 Å². The number of rotatable bonds is 9. The first kappa shape index (κ1) is 25.1. The Kier molecular flexibility index (Phi) is 9.03. The summed E-state index contributed by atoms with van der Waals surface area (Å²) in [4.78, 5) is 36.4. The van der Waals surface area contributed by atoms with Gasteiger partial charge in [-0.3, -0.25) is 0 Å². The second kappa shape index (κ2) is 12.6. The number of carbonyl (C=O) groups excluding carboxylic acids is 3. The van der Waals surface area contributed by atoms with Crippen LogP contribution < -0.4 is 30.2 Å². The van der Waals surface area contributed by atoms with Crippen molar-refractivity contribution >= 4 is 18.3 Å². The van der Waals surface area contributed by atoms with E-state index in [-0.39, 0.29) is 19.6 Å².